The van der Waals surface area contributed by atoms with E-state index in [4.69, 9.17) is 22.3 Å². The summed E-state index contributed by atoms with van der Waals surface area (Å²) in [6, 6.07) is 6.01. The lowest BCUT2D eigenvalue weighted by molar-refractivity contribution is 0.571. The lowest BCUT2D eigenvalue weighted by atomic mass is 10.1. The monoisotopic (exact) mass is 355 g/mol. The lowest BCUT2D eigenvalue weighted by Gasteiger charge is -2.13. The zero-order valence-electron chi connectivity index (χ0n) is 12.0. The average molecular weight is 357 g/mol. The fourth-order valence-corrected chi connectivity index (χ4v) is 2.91. The minimum atomic E-state index is 0.281. The number of anilines is 1. The predicted octanol–water partition coefficient (Wildman–Crippen LogP) is 5.08. The van der Waals surface area contributed by atoms with E-state index in [1.165, 1.54) is 0 Å². The standard InChI is InChI=1S/C15H19BrClN3/c1-4-5-13-19-14(15(18)20(13)9(2)3)11-8-10(16)6-7-12(11)17/h6-9H,4-5,18H2,1-3H3. The summed E-state index contributed by atoms with van der Waals surface area (Å²) in [6.07, 6.45) is 1.95. The Hall–Kier alpha value is -1.00. The summed E-state index contributed by atoms with van der Waals surface area (Å²) < 4.78 is 3.06. The van der Waals surface area contributed by atoms with Crippen LogP contribution < -0.4 is 5.73 Å². The van der Waals surface area contributed by atoms with Crippen molar-refractivity contribution in [1.82, 2.24) is 9.55 Å². The van der Waals surface area contributed by atoms with Crippen molar-refractivity contribution >= 4 is 33.3 Å². The molecule has 1 heterocycles. The first-order chi connectivity index (χ1) is 9.45. The van der Waals surface area contributed by atoms with Crippen molar-refractivity contribution in [2.75, 3.05) is 5.73 Å². The molecular formula is C15H19BrClN3. The van der Waals surface area contributed by atoms with Crippen LogP contribution in [0.25, 0.3) is 11.3 Å². The summed E-state index contributed by atoms with van der Waals surface area (Å²) in [5, 5.41) is 0.663. The molecule has 0 spiro atoms. The highest BCUT2D eigenvalue weighted by molar-refractivity contribution is 9.10. The smallest absolute Gasteiger partial charge is 0.132 e. The Kier molecular flexibility index (Phi) is 4.76. The zero-order chi connectivity index (χ0) is 14.9. The van der Waals surface area contributed by atoms with Crippen LogP contribution in [0, 0.1) is 0 Å². The van der Waals surface area contributed by atoms with E-state index < -0.39 is 0 Å². The van der Waals surface area contributed by atoms with Crippen LogP contribution in [0.4, 0.5) is 5.82 Å². The van der Waals surface area contributed by atoms with E-state index in [-0.39, 0.29) is 6.04 Å². The van der Waals surface area contributed by atoms with Crippen LogP contribution in [0.3, 0.4) is 0 Å². The van der Waals surface area contributed by atoms with Gasteiger partial charge in [-0.05, 0) is 38.5 Å². The first kappa shape index (κ1) is 15.4. The minimum absolute atomic E-state index is 0.281. The second-order valence-corrected chi connectivity index (χ2v) is 6.42. The summed E-state index contributed by atoms with van der Waals surface area (Å²) in [5.41, 5.74) is 7.96. The van der Waals surface area contributed by atoms with Gasteiger partial charge < -0.3 is 10.3 Å². The summed E-state index contributed by atoms with van der Waals surface area (Å²) in [4.78, 5) is 4.73. The van der Waals surface area contributed by atoms with Crippen LogP contribution in [0.5, 0.6) is 0 Å². The number of hydrogen-bond acceptors (Lipinski definition) is 2. The van der Waals surface area contributed by atoms with Gasteiger partial charge in [-0.25, -0.2) is 4.98 Å². The maximum atomic E-state index is 6.31. The molecule has 1 aromatic carbocycles. The van der Waals surface area contributed by atoms with Crippen molar-refractivity contribution in [1.29, 1.82) is 0 Å². The molecule has 2 rings (SSSR count). The van der Waals surface area contributed by atoms with Crippen LogP contribution in [0.15, 0.2) is 22.7 Å². The third-order valence-electron chi connectivity index (χ3n) is 3.19. The van der Waals surface area contributed by atoms with Gasteiger partial charge in [0.05, 0.1) is 5.02 Å². The Morgan fingerprint density at radius 3 is 2.70 bits per heavy atom. The molecule has 0 saturated heterocycles. The van der Waals surface area contributed by atoms with Crippen molar-refractivity contribution in [2.45, 2.75) is 39.7 Å². The number of hydrogen-bond donors (Lipinski definition) is 1. The number of rotatable bonds is 4. The van der Waals surface area contributed by atoms with Crippen molar-refractivity contribution in [2.24, 2.45) is 0 Å². The molecule has 1 aromatic heterocycles. The van der Waals surface area contributed by atoms with Gasteiger partial charge >= 0.3 is 0 Å². The van der Waals surface area contributed by atoms with Crippen LogP contribution in [0.1, 0.15) is 39.1 Å². The SMILES string of the molecule is CCCc1nc(-c2cc(Br)ccc2Cl)c(N)n1C(C)C. The Bertz CT molecular complexity index is 620. The van der Waals surface area contributed by atoms with Crippen molar-refractivity contribution in [3.05, 3.63) is 33.5 Å². The molecule has 0 atom stereocenters. The van der Waals surface area contributed by atoms with Crippen LogP contribution in [-0.2, 0) is 6.42 Å². The van der Waals surface area contributed by atoms with Crippen LogP contribution >= 0.6 is 27.5 Å². The molecule has 20 heavy (non-hydrogen) atoms. The Balaban J connectivity index is 2.63. The molecular weight excluding hydrogens is 338 g/mol. The molecule has 0 bridgehead atoms. The summed E-state index contributed by atoms with van der Waals surface area (Å²) >= 11 is 9.76. The molecule has 5 heteroatoms. The zero-order valence-corrected chi connectivity index (χ0v) is 14.3. The first-order valence-electron chi connectivity index (χ1n) is 6.77. The molecule has 108 valence electrons. The number of benzene rings is 1. The molecule has 3 nitrogen and oxygen atoms in total. The van der Waals surface area contributed by atoms with Gasteiger partial charge in [0.15, 0.2) is 0 Å². The molecule has 0 aliphatic rings. The van der Waals surface area contributed by atoms with E-state index in [0.29, 0.717) is 10.8 Å². The topological polar surface area (TPSA) is 43.8 Å². The van der Waals surface area contributed by atoms with Gasteiger partial charge in [-0.15, -0.1) is 0 Å². The number of imidazole rings is 1. The largest absolute Gasteiger partial charge is 0.383 e. The number of aromatic nitrogens is 2. The van der Waals surface area contributed by atoms with Gasteiger partial charge in [0.1, 0.15) is 17.3 Å². The molecule has 0 radical (unpaired) electrons. The van der Waals surface area contributed by atoms with Gasteiger partial charge in [0.25, 0.3) is 0 Å². The van der Waals surface area contributed by atoms with Crippen molar-refractivity contribution < 1.29 is 0 Å². The highest BCUT2D eigenvalue weighted by Gasteiger charge is 2.19. The molecule has 2 aromatic rings. The fraction of sp³-hybridized carbons (Fsp3) is 0.400. The third kappa shape index (κ3) is 2.86. The van der Waals surface area contributed by atoms with Crippen molar-refractivity contribution in [3.63, 3.8) is 0 Å². The first-order valence-corrected chi connectivity index (χ1v) is 7.94. The third-order valence-corrected chi connectivity index (χ3v) is 4.02. The fourth-order valence-electron chi connectivity index (χ4n) is 2.35. The maximum Gasteiger partial charge on any atom is 0.132 e. The maximum absolute atomic E-state index is 6.31. The number of nitrogens with two attached hydrogens (primary N) is 1. The van der Waals surface area contributed by atoms with Gasteiger partial charge in [-0.3, -0.25) is 0 Å². The summed E-state index contributed by atoms with van der Waals surface area (Å²) in [7, 11) is 0. The lowest BCUT2D eigenvalue weighted by Crippen LogP contribution is -2.09. The van der Waals surface area contributed by atoms with Gasteiger partial charge in [0.2, 0.25) is 0 Å². The second kappa shape index (κ2) is 6.19. The average Bonchev–Trinajstić information content (AvgIpc) is 2.70. The molecule has 0 amide bonds. The summed E-state index contributed by atoms with van der Waals surface area (Å²) in [6.45, 7) is 6.37. The normalized spacial score (nSPS) is 11.3. The van der Waals surface area contributed by atoms with E-state index in [2.05, 4.69) is 41.3 Å². The minimum Gasteiger partial charge on any atom is -0.383 e. The molecule has 0 aliphatic carbocycles. The second-order valence-electron chi connectivity index (χ2n) is 5.10. The molecule has 0 fully saturated rings. The van der Waals surface area contributed by atoms with Gasteiger partial charge in [-0.2, -0.15) is 0 Å². The highest BCUT2D eigenvalue weighted by Crippen LogP contribution is 2.35. The van der Waals surface area contributed by atoms with Gasteiger partial charge in [0, 0.05) is 22.5 Å². The molecule has 0 aliphatic heterocycles. The Morgan fingerprint density at radius 1 is 1.40 bits per heavy atom. The van der Waals surface area contributed by atoms with E-state index in [1.807, 2.05) is 18.2 Å². The van der Waals surface area contributed by atoms with E-state index in [1.54, 1.807) is 0 Å². The Labute approximate surface area is 133 Å². The van der Waals surface area contributed by atoms with E-state index in [9.17, 15) is 0 Å². The quantitative estimate of drug-likeness (QED) is 0.830. The highest BCUT2D eigenvalue weighted by atomic mass is 79.9. The number of nitrogens with zero attached hydrogens (tertiary/aromatic N) is 2. The van der Waals surface area contributed by atoms with Gasteiger partial charge in [-0.1, -0.05) is 34.5 Å². The van der Waals surface area contributed by atoms with Crippen LogP contribution in [-0.4, -0.2) is 9.55 Å². The van der Waals surface area contributed by atoms with Crippen LogP contribution in [0.2, 0.25) is 5.02 Å². The Morgan fingerprint density at radius 2 is 2.10 bits per heavy atom. The number of nitrogen functional groups attached to an aromatic ring is 1. The van der Waals surface area contributed by atoms with Crippen molar-refractivity contribution in [3.8, 4) is 11.3 Å². The van der Waals surface area contributed by atoms with E-state index >= 15 is 0 Å². The molecule has 0 saturated carbocycles. The predicted molar refractivity (Wildman–Crippen MR) is 89.2 cm³/mol. The molecule has 0 unspecified atom stereocenters. The number of aryl methyl sites for hydroxylation is 1. The summed E-state index contributed by atoms with van der Waals surface area (Å²) in [5.74, 6) is 1.70. The molecule has 2 N–H and O–H groups in total. The number of halogens is 2. The van der Waals surface area contributed by atoms with E-state index in [0.717, 1.165) is 34.4 Å².